The minimum absolute atomic E-state index is 0.120. The second kappa shape index (κ2) is 10.3. The van der Waals surface area contributed by atoms with E-state index in [-0.39, 0.29) is 30.9 Å². The fraction of sp³-hybridized carbons (Fsp3) is 0.526. The number of halogens is 1. The smallest absolute Gasteiger partial charge is 0.328 e. The number of hydrogen-bond donors (Lipinski definition) is 2. The zero-order valence-corrected chi connectivity index (χ0v) is 16.6. The van der Waals surface area contributed by atoms with Crippen molar-refractivity contribution in [3.8, 4) is 0 Å². The molecule has 1 unspecified atom stereocenters. The molecule has 0 saturated carbocycles. The lowest BCUT2D eigenvalue weighted by molar-refractivity contribution is -0.862. The number of carbonyl (C=O) groups is 3. The largest absolute Gasteiger partial charge is 0.464 e. The lowest BCUT2D eigenvalue weighted by atomic mass is 10.0. The predicted octanol–water partition coefficient (Wildman–Crippen LogP) is 0.737. The molecule has 7 nitrogen and oxygen atoms in total. The number of carbonyl (C=O) groups excluding carboxylic acids is 3. The highest BCUT2D eigenvalue weighted by Crippen LogP contribution is 2.20. The Labute approximate surface area is 164 Å². The van der Waals surface area contributed by atoms with Crippen LogP contribution in [0.3, 0.4) is 0 Å². The fourth-order valence-corrected chi connectivity index (χ4v) is 3.35. The van der Waals surface area contributed by atoms with E-state index in [0.29, 0.717) is 30.3 Å². The summed E-state index contributed by atoms with van der Waals surface area (Å²) < 4.78 is 5.09. The van der Waals surface area contributed by atoms with Crippen molar-refractivity contribution < 1.29 is 24.0 Å². The summed E-state index contributed by atoms with van der Waals surface area (Å²) >= 11 is 6.04. The van der Waals surface area contributed by atoms with Crippen LogP contribution in [0.25, 0.3) is 0 Å². The van der Waals surface area contributed by atoms with E-state index >= 15 is 0 Å². The van der Waals surface area contributed by atoms with Gasteiger partial charge in [0.05, 0.1) is 24.4 Å². The minimum atomic E-state index is -0.518. The number of anilines is 1. The molecule has 2 rings (SSSR count). The number of benzene rings is 1. The summed E-state index contributed by atoms with van der Waals surface area (Å²) in [5.41, 5.74) is 0.543. The molecule has 1 aliphatic heterocycles. The van der Waals surface area contributed by atoms with Gasteiger partial charge in [-0.1, -0.05) is 23.7 Å². The molecule has 0 spiro atoms. The van der Waals surface area contributed by atoms with E-state index in [2.05, 4.69) is 5.32 Å². The molecule has 1 fully saturated rings. The van der Waals surface area contributed by atoms with Gasteiger partial charge in [-0.25, -0.2) is 4.79 Å². The Morgan fingerprint density at radius 2 is 2.00 bits per heavy atom. The monoisotopic (exact) mass is 396 g/mol. The molecule has 1 saturated heterocycles. The molecule has 0 bridgehead atoms. The van der Waals surface area contributed by atoms with Crippen LogP contribution in [-0.2, 0) is 19.1 Å². The third-order valence-electron chi connectivity index (χ3n) is 4.45. The summed E-state index contributed by atoms with van der Waals surface area (Å²) in [5, 5.41) is 3.21. The second-order valence-corrected chi connectivity index (χ2v) is 7.10. The average Bonchev–Trinajstić information content (AvgIpc) is 2.63. The molecule has 27 heavy (non-hydrogen) atoms. The summed E-state index contributed by atoms with van der Waals surface area (Å²) in [6, 6.07) is 6.47. The molecule has 1 aromatic carbocycles. The summed E-state index contributed by atoms with van der Waals surface area (Å²) in [4.78, 5) is 39.3. The van der Waals surface area contributed by atoms with E-state index in [4.69, 9.17) is 16.3 Å². The van der Waals surface area contributed by atoms with E-state index in [1.165, 1.54) is 0 Å². The number of likely N-dealkylation sites (N-methyl/N-ethyl adjacent to an activating group) is 1. The number of hydrogen-bond acceptors (Lipinski definition) is 4. The summed E-state index contributed by atoms with van der Waals surface area (Å²) in [6.07, 6.45) is 2.39. The van der Waals surface area contributed by atoms with Crippen molar-refractivity contribution in [2.24, 2.45) is 0 Å². The van der Waals surface area contributed by atoms with Gasteiger partial charge in [0.1, 0.15) is 6.04 Å². The van der Waals surface area contributed by atoms with Gasteiger partial charge in [-0.15, -0.1) is 0 Å². The van der Waals surface area contributed by atoms with Gasteiger partial charge in [0, 0.05) is 6.54 Å². The zero-order valence-electron chi connectivity index (χ0n) is 15.8. The van der Waals surface area contributed by atoms with Gasteiger partial charge in [-0.05, 0) is 38.3 Å². The number of ether oxygens (including phenoxy) is 1. The number of amides is 2. The van der Waals surface area contributed by atoms with Crippen molar-refractivity contribution in [2.75, 3.05) is 38.6 Å². The number of esters is 1. The first-order valence-corrected chi connectivity index (χ1v) is 9.62. The maximum absolute atomic E-state index is 12.7. The van der Waals surface area contributed by atoms with E-state index in [1.54, 1.807) is 43.1 Å². The topological polar surface area (TPSA) is 80.2 Å². The molecule has 0 radical (unpaired) electrons. The Balaban J connectivity index is 1.88. The average molecular weight is 397 g/mol. The number of nitrogens with one attached hydrogen (secondary N) is 2. The van der Waals surface area contributed by atoms with Crippen LogP contribution in [0.2, 0.25) is 5.02 Å². The first-order chi connectivity index (χ1) is 12.9. The molecule has 2 atom stereocenters. The molecular weight excluding hydrogens is 370 g/mol. The van der Waals surface area contributed by atoms with E-state index in [0.717, 1.165) is 17.7 Å². The molecule has 1 aliphatic rings. The Bertz CT molecular complexity index is 683. The lowest BCUT2D eigenvalue weighted by Gasteiger charge is -2.34. The van der Waals surface area contributed by atoms with Crippen molar-refractivity contribution in [3.05, 3.63) is 29.3 Å². The van der Waals surface area contributed by atoms with Crippen LogP contribution in [0, 0.1) is 0 Å². The molecule has 2 amide bonds. The number of para-hydroxylation sites is 1. The zero-order chi connectivity index (χ0) is 19.8. The molecule has 0 aromatic heterocycles. The van der Waals surface area contributed by atoms with Gasteiger partial charge >= 0.3 is 5.97 Å². The number of quaternary nitrogens is 1. The highest BCUT2D eigenvalue weighted by Gasteiger charge is 2.34. The van der Waals surface area contributed by atoms with Crippen molar-refractivity contribution in [3.63, 3.8) is 0 Å². The van der Waals surface area contributed by atoms with E-state index < -0.39 is 6.04 Å². The third-order valence-corrected chi connectivity index (χ3v) is 4.77. The van der Waals surface area contributed by atoms with Crippen LogP contribution in [0.15, 0.2) is 24.3 Å². The summed E-state index contributed by atoms with van der Waals surface area (Å²) in [5.74, 6) is -0.718. The SMILES string of the molecule is CCOC(=O)[C@@H]1CCCCN1C(=O)C[NH+](C)CC(=O)Nc1ccccc1Cl. The van der Waals surface area contributed by atoms with Crippen molar-refractivity contribution in [1.82, 2.24) is 4.90 Å². The van der Waals surface area contributed by atoms with E-state index in [1.807, 2.05) is 0 Å². The predicted molar refractivity (Wildman–Crippen MR) is 103 cm³/mol. The quantitative estimate of drug-likeness (QED) is 0.666. The standard InChI is InChI=1S/C19H26ClN3O4/c1-3-27-19(26)16-10-6-7-11-23(16)18(25)13-22(2)12-17(24)21-15-9-5-4-8-14(15)20/h4-5,8-9,16H,3,6-7,10-13H2,1-2H3,(H,21,24)/p+1/t16-/m0/s1. The van der Waals surface area contributed by atoms with Gasteiger partial charge in [-0.2, -0.15) is 0 Å². The Hall–Kier alpha value is -2.12. The maximum Gasteiger partial charge on any atom is 0.328 e. The van der Waals surface area contributed by atoms with Crippen LogP contribution in [-0.4, -0.2) is 62.0 Å². The van der Waals surface area contributed by atoms with Gasteiger partial charge in [0.25, 0.3) is 11.8 Å². The van der Waals surface area contributed by atoms with Crippen molar-refractivity contribution in [1.29, 1.82) is 0 Å². The Morgan fingerprint density at radius 1 is 1.26 bits per heavy atom. The van der Waals surface area contributed by atoms with Gasteiger partial charge in [0.15, 0.2) is 13.1 Å². The molecule has 1 heterocycles. The van der Waals surface area contributed by atoms with Crippen LogP contribution in [0.1, 0.15) is 26.2 Å². The molecule has 148 valence electrons. The summed E-state index contributed by atoms with van der Waals surface area (Å²) in [7, 11) is 1.77. The molecule has 0 aliphatic carbocycles. The van der Waals surface area contributed by atoms with Crippen molar-refractivity contribution >= 4 is 35.1 Å². The number of rotatable bonds is 7. The third kappa shape index (κ3) is 6.22. The van der Waals surface area contributed by atoms with Crippen LogP contribution in [0.5, 0.6) is 0 Å². The highest BCUT2D eigenvalue weighted by atomic mass is 35.5. The Morgan fingerprint density at radius 3 is 2.70 bits per heavy atom. The van der Waals surface area contributed by atoms with Crippen LogP contribution < -0.4 is 10.2 Å². The Kier molecular flexibility index (Phi) is 8.06. The van der Waals surface area contributed by atoms with E-state index in [9.17, 15) is 14.4 Å². The number of likely N-dealkylation sites (tertiary alicyclic amines) is 1. The molecule has 1 aromatic rings. The number of piperidine rings is 1. The molecular formula is C19H27ClN3O4+. The van der Waals surface area contributed by atoms with Gasteiger partial charge in [0.2, 0.25) is 0 Å². The second-order valence-electron chi connectivity index (χ2n) is 6.69. The van der Waals surface area contributed by atoms with Crippen molar-refractivity contribution in [2.45, 2.75) is 32.2 Å². The highest BCUT2D eigenvalue weighted by molar-refractivity contribution is 6.33. The van der Waals surface area contributed by atoms with Crippen LogP contribution >= 0.6 is 11.6 Å². The van der Waals surface area contributed by atoms with Gasteiger partial charge in [-0.3, -0.25) is 9.59 Å². The molecule has 2 N–H and O–H groups in total. The number of nitrogens with zero attached hydrogens (tertiary/aromatic N) is 1. The van der Waals surface area contributed by atoms with Gasteiger partial charge < -0.3 is 19.9 Å². The fourth-order valence-electron chi connectivity index (χ4n) is 3.17. The first-order valence-electron chi connectivity index (χ1n) is 9.24. The lowest BCUT2D eigenvalue weighted by Crippen LogP contribution is -3.11. The minimum Gasteiger partial charge on any atom is -0.464 e. The maximum atomic E-state index is 12.7. The summed E-state index contributed by atoms with van der Waals surface area (Å²) in [6.45, 7) is 2.84. The van der Waals surface area contributed by atoms with Crippen LogP contribution in [0.4, 0.5) is 5.69 Å². The normalized spacial score (nSPS) is 17.9. The first kappa shape index (κ1) is 21.2. The molecule has 8 heteroatoms.